The van der Waals surface area contributed by atoms with Crippen molar-refractivity contribution < 1.29 is 23.1 Å². The average Bonchev–Trinajstić information content (AvgIpc) is 2.76. The zero-order chi connectivity index (χ0) is 16.2. The molecular weight excluding hydrogens is 287 g/mol. The summed E-state index contributed by atoms with van der Waals surface area (Å²) in [5.74, 6) is -0.564. The van der Waals surface area contributed by atoms with Gasteiger partial charge in [0.25, 0.3) is 5.91 Å². The zero-order valence-corrected chi connectivity index (χ0v) is 12.3. The Labute approximate surface area is 120 Å². The third-order valence-electron chi connectivity index (χ3n) is 4.22. The van der Waals surface area contributed by atoms with Gasteiger partial charge in [-0.3, -0.25) is 9.48 Å². The van der Waals surface area contributed by atoms with Gasteiger partial charge in [-0.1, -0.05) is 13.8 Å². The zero-order valence-electron chi connectivity index (χ0n) is 12.3. The van der Waals surface area contributed by atoms with Crippen LogP contribution in [0.3, 0.4) is 0 Å². The van der Waals surface area contributed by atoms with Crippen molar-refractivity contribution in [1.82, 2.24) is 14.7 Å². The van der Waals surface area contributed by atoms with E-state index in [0.717, 1.165) is 10.7 Å². The van der Waals surface area contributed by atoms with E-state index in [1.165, 1.54) is 11.9 Å². The first-order chi connectivity index (χ1) is 9.35. The summed E-state index contributed by atoms with van der Waals surface area (Å²) in [7, 11) is 1.29. The minimum absolute atomic E-state index is 0.0748. The minimum atomic E-state index is -4.59. The van der Waals surface area contributed by atoms with Gasteiger partial charge in [0, 0.05) is 25.1 Å². The Hall–Kier alpha value is -1.57. The summed E-state index contributed by atoms with van der Waals surface area (Å²) in [6, 6.07) is 0.738. The van der Waals surface area contributed by atoms with Crippen LogP contribution in [0.2, 0.25) is 0 Å². The van der Waals surface area contributed by atoms with E-state index in [1.807, 2.05) is 13.8 Å². The smallest absolute Gasteiger partial charge is 0.388 e. The second-order valence-corrected chi connectivity index (χ2v) is 6.36. The lowest BCUT2D eigenvalue weighted by Crippen LogP contribution is -2.40. The summed E-state index contributed by atoms with van der Waals surface area (Å²) in [6.45, 7) is 5.58. The second-order valence-electron chi connectivity index (χ2n) is 6.36. The van der Waals surface area contributed by atoms with Crippen LogP contribution >= 0.6 is 0 Å². The van der Waals surface area contributed by atoms with E-state index in [2.05, 4.69) is 5.10 Å². The summed E-state index contributed by atoms with van der Waals surface area (Å²) >= 11 is 0. The highest BCUT2D eigenvalue weighted by Crippen LogP contribution is 2.39. The molecule has 1 aliphatic heterocycles. The van der Waals surface area contributed by atoms with Crippen LogP contribution in [0.4, 0.5) is 13.2 Å². The highest BCUT2D eigenvalue weighted by atomic mass is 19.4. The largest absolute Gasteiger partial charge is 0.435 e. The molecule has 1 atom stereocenters. The number of hydrogen-bond donors (Lipinski definition) is 1. The molecule has 2 rings (SSSR count). The van der Waals surface area contributed by atoms with Crippen LogP contribution in [0.1, 0.15) is 37.0 Å². The number of amides is 1. The first-order valence-electron chi connectivity index (χ1n) is 6.48. The van der Waals surface area contributed by atoms with Gasteiger partial charge < -0.3 is 10.0 Å². The molecule has 5 nitrogen and oxygen atoms in total. The van der Waals surface area contributed by atoms with Gasteiger partial charge in [0.1, 0.15) is 5.69 Å². The van der Waals surface area contributed by atoms with Gasteiger partial charge in [0.05, 0.1) is 12.1 Å². The van der Waals surface area contributed by atoms with Crippen LogP contribution in [0.25, 0.3) is 0 Å². The Balaban J connectivity index is 2.29. The molecule has 118 valence electrons. The summed E-state index contributed by atoms with van der Waals surface area (Å²) < 4.78 is 38.8. The molecule has 0 spiro atoms. The monoisotopic (exact) mass is 305 g/mol. The van der Waals surface area contributed by atoms with Crippen LogP contribution in [0.15, 0.2) is 6.07 Å². The maximum atomic E-state index is 12.6. The average molecular weight is 305 g/mol. The van der Waals surface area contributed by atoms with E-state index >= 15 is 0 Å². The van der Waals surface area contributed by atoms with Crippen LogP contribution in [-0.4, -0.2) is 44.4 Å². The van der Waals surface area contributed by atoms with Gasteiger partial charge in [-0.2, -0.15) is 18.3 Å². The summed E-state index contributed by atoms with van der Waals surface area (Å²) in [5.41, 5.74) is -2.86. The molecule has 1 aliphatic rings. The molecule has 0 aliphatic carbocycles. The Morgan fingerprint density at radius 3 is 2.29 bits per heavy atom. The van der Waals surface area contributed by atoms with E-state index in [1.54, 1.807) is 6.92 Å². The molecule has 21 heavy (non-hydrogen) atoms. The van der Waals surface area contributed by atoms with Crippen molar-refractivity contribution in [3.05, 3.63) is 17.5 Å². The van der Waals surface area contributed by atoms with Gasteiger partial charge in [-0.15, -0.1) is 0 Å². The first kappa shape index (κ1) is 15.8. The van der Waals surface area contributed by atoms with Crippen LogP contribution < -0.4 is 0 Å². The molecule has 0 unspecified atom stereocenters. The van der Waals surface area contributed by atoms with Crippen molar-refractivity contribution >= 4 is 5.91 Å². The molecule has 0 radical (unpaired) electrons. The van der Waals surface area contributed by atoms with E-state index < -0.39 is 28.8 Å². The van der Waals surface area contributed by atoms with Crippen molar-refractivity contribution in [1.29, 1.82) is 0 Å². The maximum Gasteiger partial charge on any atom is 0.435 e. The summed E-state index contributed by atoms with van der Waals surface area (Å²) in [6.07, 6.45) is -4.59. The number of rotatable bonds is 1. The number of carbonyl (C=O) groups excluding carboxylic acids is 1. The first-order valence-corrected chi connectivity index (χ1v) is 6.48. The molecule has 2 heterocycles. The van der Waals surface area contributed by atoms with Gasteiger partial charge in [0.15, 0.2) is 5.69 Å². The van der Waals surface area contributed by atoms with E-state index in [-0.39, 0.29) is 18.8 Å². The lowest BCUT2D eigenvalue weighted by Gasteiger charge is -2.30. The number of carbonyl (C=O) groups is 1. The van der Waals surface area contributed by atoms with Crippen molar-refractivity contribution in [2.24, 2.45) is 12.5 Å². The van der Waals surface area contributed by atoms with Crippen molar-refractivity contribution in [3.63, 3.8) is 0 Å². The third kappa shape index (κ3) is 2.64. The van der Waals surface area contributed by atoms with Crippen LogP contribution in [-0.2, 0) is 13.2 Å². The van der Waals surface area contributed by atoms with Crippen molar-refractivity contribution in [2.45, 2.75) is 32.5 Å². The van der Waals surface area contributed by atoms with E-state index in [4.69, 9.17) is 0 Å². The van der Waals surface area contributed by atoms with Crippen LogP contribution in [0.5, 0.6) is 0 Å². The SMILES string of the molecule is Cn1nc(C(F)(F)F)cc1C(=O)N1CC(C)(C)[C@](C)(O)C1. The quantitative estimate of drug-likeness (QED) is 0.858. The number of aryl methyl sites for hydroxylation is 1. The number of alkyl halides is 3. The molecule has 0 saturated carbocycles. The molecule has 1 aromatic heterocycles. The number of β-amino-alcohol motifs (C(OH)–C–C–N with tert-alkyl or cyclic N) is 1. The number of aromatic nitrogens is 2. The highest BCUT2D eigenvalue weighted by Gasteiger charge is 2.49. The maximum absolute atomic E-state index is 12.6. The molecular formula is C13H18F3N3O2. The Bertz CT molecular complexity index is 560. The molecule has 1 fully saturated rings. The standard InChI is InChI=1S/C13H18F3N3O2/c1-11(2)6-19(7-12(11,3)21)10(20)8-5-9(13(14,15)16)17-18(8)4/h5,21H,6-7H2,1-4H3/t12-/m1/s1. The second kappa shape index (κ2) is 4.46. The summed E-state index contributed by atoms with van der Waals surface area (Å²) in [4.78, 5) is 13.7. The molecule has 0 aromatic carbocycles. The van der Waals surface area contributed by atoms with Crippen LogP contribution in [0, 0.1) is 5.41 Å². The normalized spacial score (nSPS) is 25.4. The topological polar surface area (TPSA) is 58.4 Å². The highest BCUT2D eigenvalue weighted by molar-refractivity contribution is 5.93. The Morgan fingerprint density at radius 1 is 1.33 bits per heavy atom. The predicted octanol–water partition coefficient (Wildman–Crippen LogP) is 1.67. The van der Waals surface area contributed by atoms with E-state index in [9.17, 15) is 23.1 Å². The lowest BCUT2D eigenvalue weighted by atomic mass is 9.79. The van der Waals surface area contributed by atoms with Gasteiger partial charge in [-0.25, -0.2) is 0 Å². The molecule has 0 bridgehead atoms. The number of likely N-dealkylation sites (tertiary alicyclic amines) is 1. The fourth-order valence-corrected chi connectivity index (χ4v) is 2.40. The van der Waals surface area contributed by atoms with Crippen molar-refractivity contribution in [2.75, 3.05) is 13.1 Å². The van der Waals surface area contributed by atoms with Gasteiger partial charge >= 0.3 is 6.18 Å². The summed E-state index contributed by atoms with van der Waals surface area (Å²) in [5, 5.41) is 13.6. The fourth-order valence-electron chi connectivity index (χ4n) is 2.40. The Kier molecular flexibility index (Phi) is 3.36. The number of halogens is 3. The third-order valence-corrected chi connectivity index (χ3v) is 4.22. The van der Waals surface area contributed by atoms with Crippen molar-refractivity contribution in [3.8, 4) is 0 Å². The predicted molar refractivity (Wildman–Crippen MR) is 68.5 cm³/mol. The Morgan fingerprint density at radius 2 is 1.90 bits per heavy atom. The molecule has 1 aromatic rings. The number of nitrogens with zero attached hydrogens (tertiary/aromatic N) is 3. The van der Waals surface area contributed by atoms with Gasteiger partial charge in [-0.05, 0) is 6.92 Å². The fraction of sp³-hybridized carbons (Fsp3) is 0.692. The lowest BCUT2D eigenvalue weighted by molar-refractivity contribution is -0.141. The van der Waals surface area contributed by atoms with E-state index in [0.29, 0.717) is 0 Å². The number of hydrogen-bond acceptors (Lipinski definition) is 3. The number of aliphatic hydroxyl groups is 1. The molecule has 1 amide bonds. The molecule has 8 heteroatoms. The minimum Gasteiger partial charge on any atom is -0.388 e. The van der Waals surface area contributed by atoms with Gasteiger partial charge in [0.2, 0.25) is 0 Å². The molecule has 1 saturated heterocycles. The molecule has 1 N–H and O–H groups in total.